The topological polar surface area (TPSA) is 82.1 Å². The number of nitrogens with one attached hydrogen (secondary N) is 2. The third kappa shape index (κ3) is 6.97. The molecule has 1 aliphatic heterocycles. The highest BCUT2D eigenvalue weighted by Gasteiger charge is 2.35. The number of ether oxygens (including phenoxy) is 1. The second kappa shape index (κ2) is 10.2. The van der Waals surface area contributed by atoms with Gasteiger partial charge in [0.1, 0.15) is 5.60 Å². The zero-order valence-corrected chi connectivity index (χ0v) is 19.0. The Hall–Kier alpha value is -2.58. The van der Waals surface area contributed by atoms with Gasteiger partial charge in [-0.3, -0.25) is 4.99 Å². The van der Waals surface area contributed by atoms with Crippen LogP contribution in [-0.2, 0) is 4.74 Å². The highest BCUT2D eigenvalue weighted by atomic mass is 19.1. The first-order valence-corrected chi connectivity index (χ1v) is 11.2. The van der Waals surface area contributed by atoms with Gasteiger partial charge in [0.2, 0.25) is 0 Å². The number of pyridine rings is 1. The Morgan fingerprint density at radius 3 is 2.81 bits per heavy atom. The largest absolute Gasteiger partial charge is 0.444 e. The number of hydrogen-bond acceptors (Lipinski definition) is 5. The van der Waals surface area contributed by atoms with Gasteiger partial charge in [-0.1, -0.05) is 0 Å². The van der Waals surface area contributed by atoms with Gasteiger partial charge in [-0.05, 0) is 59.1 Å². The molecule has 1 aliphatic carbocycles. The van der Waals surface area contributed by atoms with E-state index in [4.69, 9.17) is 4.74 Å². The van der Waals surface area contributed by atoms with Crippen molar-refractivity contribution in [1.29, 1.82) is 0 Å². The van der Waals surface area contributed by atoms with Crippen LogP contribution in [0.2, 0.25) is 0 Å². The van der Waals surface area contributed by atoms with E-state index < -0.39 is 5.60 Å². The van der Waals surface area contributed by atoms with E-state index >= 15 is 0 Å². The molecule has 0 bridgehead atoms. The van der Waals surface area contributed by atoms with Crippen molar-refractivity contribution >= 4 is 17.9 Å². The molecule has 1 aromatic heterocycles. The SMILES string of the molecule is CCNC(=NCCN(C(=O)OC(C)(C)C)C1CC1)NC1CCN(c2ncccc2F)C1. The molecule has 2 heterocycles. The second-order valence-electron chi connectivity index (χ2n) is 9.05. The lowest BCUT2D eigenvalue weighted by Gasteiger charge is -2.27. The molecule has 1 amide bonds. The van der Waals surface area contributed by atoms with Gasteiger partial charge in [-0.25, -0.2) is 14.2 Å². The van der Waals surface area contributed by atoms with E-state index in [0.717, 1.165) is 32.4 Å². The summed E-state index contributed by atoms with van der Waals surface area (Å²) in [4.78, 5) is 25.1. The van der Waals surface area contributed by atoms with E-state index in [2.05, 4.69) is 20.6 Å². The van der Waals surface area contributed by atoms with Crippen LogP contribution >= 0.6 is 0 Å². The quantitative estimate of drug-likeness (QED) is 0.507. The van der Waals surface area contributed by atoms with Crippen molar-refractivity contribution in [2.45, 2.75) is 64.6 Å². The summed E-state index contributed by atoms with van der Waals surface area (Å²) < 4.78 is 19.6. The number of nitrogens with zero attached hydrogens (tertiary/aromatic N) is 4. The Morgan fingerprint density at radius 1 is 1.39 bits per heavy atom. The molecule has 0 aromatic carbocycles. The van der Waals surface area contributed by atoms with Crippen LogP contribution in [0.1, 0.15) is 47.0 Å². The van der Waals surface area contributed by atoms with Gasteiger partial charge in [0, 0.05) is 44.5 Å². The van der Waals surface area contributed by atoms with Gasteiger partial charge in [0.15, 0.2) is 17.6 Å². The Kier molecular flexibility index (Phi) is 7.56. The number of carbonyl (C=O) groups is 1. The lowest BCUT2D eigenvalue weighted by molar-refractivity contribution is 0.0240. The molecule has 0 spiro atoms. The molecule has 3 rings (SSSR count). The molecular weight excluding hydrogens is 399 g/mol. The van der Waals surface area contributed by atoms with Gasteiger partial charge < -0.3 is 25.2 Å². The highest BCUT2D eigenvalue weighted by Crippen LogP contribution is 2.28. The summed E-state index contributed by atoms with van der Waals surface area (Å²) in [5.74, 6) is 0.799. The van der Waals surface area contributed by atoms with Gasteiger partial charge in [-0.15, -0.1) is 0 Å². The average molecular weight is 435 g/mol. The minimum Gasteiger partial charge on any atom is -0.444 e. The summed E-state index contributed by atoms with van der Waals surface area (Å²) in [6.07, 6.45) is 4.24. The number of guanidine groups is 1. The maximum absolute atomic E-state index is 14.0. The smallest absolute Gasteiger partial charge is 0.410 e. The molecule has 9 heteroatoms. The maximum atomic E-state index is 14.0. The molecule has 1 saturated carbocycles. The number of carbonyl (C=O) groups excluding carboxylic acids is 1. The molecular formula is C22H35FN6O2. The number of aliphatic imine (C=N–C) groups is 1. The summed E-state index contributed by atoms with van der Waals surface area (Å²) >= 11 is 0. The van der Waals surface area contributed by atoms with Crippen LogP contribution in [0.5, 0.6) is 0 Å². The molecule has 1 aromatic rings. The van der Waals surface area contributed by atoms with Crippen molar-refractivity contribution in [1.82, 2.24) is 20.5 Å². The van der Waals surface area contributed by atoms with E-state index in [-0.39, 0.29) is 24.0 Å². The predicted octanol–water partition coefficient (Wildman–Crippen LogP) is 2.75. The fourth-order valence-electron chi connectivity index (χ4n) is 3.59. The normalized spacial score (nSPS) is 19.3. The molecule has 172 valence electrons. The first-order valence-electron chi connectivity index (χ1n) is 11.2. The second-order valence-corrected chi connectivity index (χ2v) is 9.05. The maximum Gasteiger partial charge on any atom is 0.410 e. The van der Waals surface area contributed by atoms with E-state index in [9.17, 15) is 9.18 Å². The monoisotopic (exact) mass is 434 g/mol. The zero-order chi connectivity index (χ0) is 22.4. The van der Waals surface area contributed by atoms with E-state index in [1.807, 2.05) is 32.6 Å². The van der Waals surface area contributed by atoms with Gasteiger partial charge in [-0.2, -0.15) is 0 Å². The molecule has 2 aliphatic rings. The lowest BCUT2D eigenvalue weighted by Crippen LogP contribution is -2.45. The van der Waals surface area contributed by atoms with Gasteiger partial charge in [0.25, 0.3) is 0 Å². The number of anilines is 1. The first-order chi connectivity index (χ1) is 14.8. The van der Waals surface area contributed by atoms with Crippen LogP contribution in [0, 0.1) is 5.82 Å². The van der Waals surface area contributed by atoms with Gasteiger partial charge in [0.05, 0.1) is 6.54 Å². The Labute approximate surface area is 184 Å². The van der Waals surface area contributed by atoms with Crippen LogP contribution in [-0.4, -0.2) is 72.3 Å². The predicted molar refractivity (Wildman–Crippen MR) is 120 cm³/mol. The molecule has 0 radical (unpaired) electrons. The standard InChI is InChI=1S/C22H35FN6O2/c1-5-24-20(26-12-14-29(17-8-9-17)21(30)31-22(2,3)4)27-16-10-13-28(15-16)19-18(23)7-6-11-25-19/h6-7,11,16-17H,5,8-10,12-15H2,1-4H3,(H2,24,26,27). The van der Waals surface area contributed by atoms with Crippen LogP contribution in [0.25, 0.3) is 0 Å². The van der Waals surface area contributed by atoms with Crippen LogP contribution in [0.3, 0.4) is 0 Å². The van der Waals surface area contributed by atoms with Crippen LogP contribution < -0.4 is 15.5 Å². The molecule has 31 heavy (non-hydrogen) atoms. The third-order valence-corrected chi connectivity index (χ3v) is 5.14. The fraction of sp³-hybridized carbons (Fsp3) is 0.682. The van der Waals surface area contributed by atoms with Crippen molar-refractivity contribution in [3.8, 4) is 0 Å². The zero-order valence-electron chi connectivity index (χ0n) is 19.0. The Bertz CT molecular complexity index is 778. The molecule has 2 fully saturated rings. The number of aromatic nitrogens is 1. The van der Waals surface area contributed by atoms with E-state index in [1.165, 1.54) is 6.07 Å². The number of amides is 1. The lowest BCUT2D eigenvalue weighted by atomic mass is 10.2. The fourth-order valence-corrected chi connectivity index (χ4v) is 3.59. The summed E-state index contributed by atoms with van der Waals surface area (Å²) in [6.45, 7) is 10.8. The number of rotatable bonds is 7. The van der Waals surface area contributed by atoms with Crippen molar-refractivity contribution in [3.63, 3.8) is 0 Å². The minimum atomic E-state index is -0.509. The van der Waals surface area contributed by atoms with Gasteiger partial charge >= 0.3 is 6.09 Å². The summed E-state index contributed by atoms with van der Waals surface area (Å²) in [5.41, 5.74) is -0.509. The van der Waals surface area contributed by atoms with Crippen molar-refractivity contribution < 1.29 is 13.9 Å². The molecule has 1 unspecified atom stereocenters. The van der Waals surface area contributed by atoms with Crippen molar-refractivity contribution in [2.75, 3.05) is 37.6 Å². The molecule has 1 saturated heterocycles. The summed E-state index contributed by atoms with van der Waals surface area (Å²) in [7, 11) is 0. The molecule has 8 nitrogen and oxygen atoms in total. The van der Waals surface area contributed by atoms with E-state index in [1.54, 1.807) is 17.2 Å². The highest BCUT2D eigenvalue weighted by molar-refractivity contribution is 5.80. The van der Waals surface area contributed by atoms with Crippen molar-refractivity contribution in [2.24, 2.45) is 4.99 Å². The first kappa shape index (κ1) is 23.1. The minimum absolute atomic E-state index is 0.143. The van der Waals surface area contributed by atoms with Crippen molar-refractivity contribution in [3.05, 3.63) is 24.1 Å². The third-order valence-electron chi connectivity index (χ3n) is 5.14. The number of hydrogen-bond donors (Lipinski definition) is 2. The average Bonchev–Trinajstić information content (AvgIpc) is 3.42. The van der Waals surface area contributed by atoms with Crippen LogP contribution in [0.4, 0.5) is 15.0 Å². The molecule has 1 atom stereocenters. The molecule has 2 N–H and O–H groups in total. The van der Waals surface area contributed by atoms with Crippen LogP contribution in [0.15, 0.2) is 23.3 Å². The summed E-state index contributed by atoms with van der Waals surface area (Å²) in [6, 6.07) is 3.44. The number of halogens is 1. The van der Waals surface area contributed by atoms with E-state index in [0.29, 0.717) is 31.4 Å². The summed E-state index contributed by atoms with van der Waals surface area (Å²) in [5, 5.41) is 6.69. The Morgan fingerprint density at radius 2 is 2.16 bits per heavy atom. The Balaban J connectivity index is 1.54.